The van der Waals surface area contributed by atoms with Crippen molar-refractivity contribution in [2.45, 2.75) is 38.5 Å². The first-order valence-corrected chi connectivity index (χ1v) is 11.1. The fourth-order valence-corrected chi connectivity index (χ4v) is 4.24. The molecular formula is C26H27N3O5. The summed E-state index contributed by atoms with van der Waals surface area (Å²) in [5.41, 5.74) is 1.93. The van der Waals surface area contributed by atoms with Gasteiger partial charge in [0.05, 0.1) is 18.6 Å². The van der Waals surface area contributed by atoms with Crippen molar-refractivity contribution in [1.82, 2.24) is 15.1 Å². The molecule has 0 spiro atoms. The number of hydrogen-bond acceptors (Lipinski definition) is 5. The predicted octanol–water partition coefficient (Wildman–Crippen LogP) is 2.37. The third-order valence-electron chi connectivity index (χ3n) is 6.05. The Balaban J connectivity index is 1.34. The largest absolute Gasteiger partial charge is 0.489 e. The average molecular weight is 466 g/mol. The molecule has 0 aromatic heterocycles. The monoisotopic (exact) mass is 465 g/mol. The van der Waals surface area contributed by atoms with Crippen molar-refractivity contribution < 1.29 is 29.3 Å². The smallest absolute Gasteiger partial charge is 0.255 e. The van der Waals surface area contributed by atoms with Crippen LogP contribution < -0.4 is 10.1 Å². The molecule has 0 aliphatic carbocycles. The minimum atomic E-state index is -2.21. The van der Waals surface area contributed by atoms with E-state index in [1.54, 1.807) is 18.2 Å². The van der Waals surface area contributed by atoms with Crippen LogP contribution in [0.25, 0.3) is 0 Å². The highest BCUT2D eigenvalue weighted by molar-refractivity contribution is 6.02. The molecule has 2 saturated heterocycles. The van der Waals surface area contributed by atoms with Gasteiger partial charge in [-0.05, 0) is 36.1 Å². The summed E-state index contributed by atoms with van der Waals surface area (Å²) in [6, 6.07) is 8.40. The highest BCUT2D eigenvalue weighted by atomic mass is 16.5. The normalized spacial score (nSPS) is 23.5. The molecule has 176 valence electrons. The van der Waals surface area contributed by atoms with Crippen LogP contribution in [0.2, 0.25) is 0 Å². The lowest BCUT2D eigenvalue weighted by Gasteiger charge is -2.31. The number of allylic oxidation sites excluding steroid dienone is 1. The Morgan fingerprint density at radius 1 is 1.21 bits per heavy atom. The minimum absolute atomic E-state index is 0.000943. The summed E-state index contributed by atoms with van der Waals surface area (Å²) >= 11 is 0. The van der Waals surface area contributed by atoms with Crippen molar-refractivity contribution in [1.29, 1.82) is 0 Å². The topological polar surface area (TPSA) is 88.2 Å². The van der Waals surface area contributed by atoms with Crippen LogP contribution >= 0.6 is 0 Å². The second kappa shape index (κ2) is 9.30. The van der Waals surface area contributed by atoms with E-state index in [-0.39, 0.29) is 49.7 Å². The molecular weight excluding hydrogens is 434 g/mol. The van der Waals surface area contributed by atoms with E-state index in [0.29, 0.717) is 41.0 Å². The molecule has 3 aliphatic heterocycles. The lowest BCUT2D eigenvalue weighted by atomic mass is 10.0. The molecule has 3 amide bonds. The van der Waals surface area contributed by atoms with E-state index in [4.69, 9.17) is 15.0 Å². The standard InChI is InChI=1S/C26H27N3O5/c1-17-5-10-22(25(31)27-17)29-14-21-20(26(29)32)3-2-4-23(21)34-15-19-8-6-18(7-9-19)13-28-11-12-33-16-24(28)30/h2-4,6-9,22H,1,5,10-16H2,(H,27,31)/i6D,13D2,15D. The fraction of sp³-hybridized carbons (Fsp3) is 0.346. The number of hydrogen-bond donors (Lipinski definition) is 1. The molecule has 3 aliphatic rings. The number of carbonyl (C=O) groups excluding carboxylic acids is 3. The van der Waals surface area contributed by atoms with Gasteiger partial charge in [0.15, 0.2) is 0 Å². The third-order valence-corrected chi connectivity index (χ3v) is 6.05. The average Bonchev–Trinajstić information content (AvgIpc) is 3.21. The Bertz CT molecular complexity index is 1330. The van der Waals surface area contributed by atoms with Crippen LogP contribution in [-0.4, -0.2) is 53.3 Å². The van der Waals surface area contributed by atoms with E-state index in [0.717, 1.165) is 4.90 Å². The van der Waals surface area contributed by atoms with Gasteiger partial charge in [-0.15, -0.1) is 0 Å². The van der Waals surface area contributed by atoms with Gasteiger partial charge in [0.25, 0.3) is 5.91 Å². The summed E-state index contributed by atoms with van der Waals surface area (Å²) in [7, 11) is 0. The maximum Gasteiger partial charge on any atom is 0.255 e. The maximum atomic E-state index is 13.1. The van der Waals surface area contributed by atoms with Gasteiger partial charge in [-0.3, -0.25) is 14.4 Å². The zero-order chi connectivity index (χ0) is 27.2. The molecule has 1 N–H and O–H groups in total. The second-order valence-electron chi connectivity index (χ2n) is 8.34. The number of amides is 3. The van der Waals surface area contributed by atoms with Gasteiger partial charge in [0, 0.05) is 29.9 Å². The van der Waals surface area contributed by atoms with E-state index < -0.39 is 25.0 Å². The van der Waals surface area contributed by atoms with E-state index in [2.05, 4.69) is 11.9 Å². The number of benzene rings is 2. The lowest BCUT2D eigenvalue weighted by molar-refractivity contribution is -0.143. The zero-order valence-corrected chi connectivity index (χ0v) is 18.5. The summed E-state index contributed by atoms with van der Waals surface area (Å²) in [4.78, 5) is 40.3. The van der Waals surface area contributed by atoms with Crippen LogP contribution in [0, 0.1) is 0 Å². The molecule has 8 heteroatoms. The molecule has 2 aromatic carbocycles. The van der Waals surface area contributed by atoms with Crippen LogP contribution in [0.15, 0.2) is 54.7 Å². The van der Waals surface area contributed by atoms with Crippen molar-refractivity contribution >= 4 is 17.7 Å². The Hall–Kier alpha value is -3.65. The minimum Gasteiger partial charge on any atom is -0.489 e. The first-order valence-electron chi connectivity index (χ1n) is 13.2. The predicted molar refractivity (Wildman–Crippen MR) is 124 cm³/mol. The molecule has 0 radical (unpaired) electrons. The fourth-order valence-electron chi connectivity index (χ4n) is 4.24. The van der Waals surface area contributed by atoms with Gasteiger partial charge < -0.3 is 24.6 Å². The Morgan fingerprint density at radius 3 is 2.85 bits per heavy atom. The molecule has 2 atom stereocenters. The van der Waals surface area contributed by atoms with Gasteiger partial charge in [-0.25, -0.2) is 0 Å². The molecule has 0 bridgehead atoms. The first kappa shape index (κ1) is 17.8. The second-order valence-corrected chi connectivity index (χ2v) is 8.34. The number of morpholine rings is 1. The summed E-state index contributed by atoms with van der Waals surface area (Å²) in [6.45, 7) is 0.539. The molecule has 2 fully saturated rings. The summed E-state index contributed by atoms with van der Waals surface area (Å²) in [5.74, 6) is -0.727. The van der Waals surface area contributed by atoms with E-state index in [1.165, 1.54) is 23.1 Å². The van der Waals surface area contributed by atoms with Gasteiger partial charge in [0.2, 0.25) is 11.8 Å². The molecule has 2 aromatic rings. The van der Waals surface area contributed by atoms with Gasteiger partial charge in [0.1, 0.15) is 25.0 Å². The van der Waals surface area contributed by atoms with Crippen LogP contribution in [-0.2, 0) is 34.0 Å². The zero-order valence-electron chi connectivity index (χ0n) is 22.5. The van der Waals surface area contributed by atoms with E-state index >= 15 is 0 Å². The Labute approximate surface area is 203 Å². The quantitative estimate of drug-likeness (QED) is 0.708. The summed E-state index contributed by atoms with van der Waals surface area (Å²) in [5, 5.41) is 2.70. The van der Waals surface area contributed by atoms with Crippen LogP contribution in [0.4, 0.5) is 0 Å². The highest BCUT2D eigenvalue weighted by Crippen LogP contribution is 2.34. The molecule has 2 unspecified atom stereocenters. The number of ether oxygens (including phenoxy) is 2. The van der Waals surface area contributed by atoms with Crippen LogP contribution in [0.3, 0.4) is 0 Å². The van der Waals surface area contributed by atoms with Gasteiger partial charge >= 0.3 is 0 Å². The van der Waals surface area contributed by atoms with Crippen LogP contribution in [0.5, 0.6) is 5.75 Å². The third kappa shape index (κ3) is 4.41. The molecule has 0 saturated carbocycles. The van der Waals surface area contributed by atoms with Crippen molar-refractivity contribution in [2.75, 3.05) is 19.8 Å². The number of fused-ring (bicyclic) bond motifs is 1. The van der Waals surface area contributed by atoms with E-state index in [9.17, 15) is 14.4 Å². The molecule has 3 heterocycles. The first-order chi connectivity index (χ1) is 18.1. The number of carbonyl (C=O) groups is 3. The Morgan fingerprint density at radius 2 is 2.06 bits per heavy atom. The number of nitrogens with one attached hydrogen (secondary N) is 1. The van der Waals surface area contributed by atoms with Crippen LogP contribution in [0.1, 0.15) is 45.4 Å². The summed E-state index contributed by atoms with van der Waals surface area (Å²) in [6.07, 6.45) is 1.06. The number of nitrogens with zero attached hydrogens (tertiary/aromatic N) is 2. The van der Waals surface area contributed by atoms with Gasteiger partial charge in [-0.1, -0.05) is 36.9 Å². The van der Waals surface area contributed by atoms with Crippen molar-refractivity contribution in [2.24, 2.45) is 0 Å². The molecule has 8 nitrogen and oxygen atoms in total. The van der Waals surface area contributed by atoms with Gasteiger partial charge in [-0.2, -0.15) is 0 Å². The number of piperidine rings is 1. The van der Waals surface area contributed by atoms with Crippen molar-refractivity contribution in [3.63, 3.8) is 0 Å². The van der Waals surface area contributed by atoms with E-state index in [1.807, 2.05) is 0 Å². The van der Waals surface area contributed by atoms with Crippen molar-refractivity contribution in [3.05, 3.63) is 77.0 Å². The SMILES string of the molecule is [2H]c1cc(C([2H])Oc2cccc3c2CN(C2CCC(=C)NC2=O)C3=O)ccc1C([2H])([2H])N1CCOCC1=O. The molecule has 34 heavy (non-hydrogen) atoms. The Kier molecular flexibility index (Phi) is 4.86. The maximum absolute atomic E-state index is 13.1. The molecule has 5 rings (SSSR count). The van der Waals surface area contributed by atoms with Crippen molar-refractivity contribution in [3.8, 4) is 5.75 Å². The highest BCUT2D eigenvalue weighted by Gasteiger charge is 2.39. The number of rotatable bonds is 6. The lowest BCUT2D eigenvalue weighted by Crippen LogP contribution is -2.49. The summed E-state index contributed by atoms with van der Waals surface area (Å²) < 4.78 is 44.9.